The highest BCUT2D eigenvalue weighted by atomic mass is 79.9. The van der Waals surface area contributed by atoms with E-state index in [1.54, 1.807) is 0 Å². The van der Waals surface area contributed by atoms with Gasteiger partial charge in [0.1, 0.15) is 0 Å². The summed E-state index contributed by atoms with van der Waals surface area (Å²) in [7, 11) is 0. The molecule has 1 N–H and O–H groups in total. The van der Waals surface area contributed by atoms with E-state index >= 15 is 0 Å². The van der Waals surface area contributed by atoms with E-state index in [-0.39, 0.29) is 0 Å². The molecule has 1 aromatic rings. The maximum Gasteiger partial charge on any atom is 0.0372 e. The van der Waals surface area contributed by atoms with Gasteiger partial charge in [0.2, 0.25) is 0 Å². The average Bonchev–Trinajstić information content (AvgIpc) is 2.34. The zero-order valence-electron chi connectivity index (χ0n) is 12.2. The van der Waals surface area contributed by atoms with Crippen LogP contribution < -0.4 is 5.32 Å². The smallest absolute Gasteiger partial charge is 0.0372 e. The molecule has 19 heavy (non-hydrogen) atoms. The number of nitrogens with zero attached hydrogens (tertiary/aromatic N) is 1. The first-order valence-corrected chi connectivity index (χ1v) is 8.09. The van der Waals surface area contributed by atoms with Crippen LogP contribution in [0.15, 0.2) is 22.7 Å². The molecule has 1 fully saturated rings. The summed E-state index contributed by atoms with van der Waals surface area (Å²) >= 11 is 3.52. The van der Waals surface area contributed by atoms with Gasteiger partial charge in [0.25, 0.3) is 0 Å². The molecule has 0 unspecified atom stereocenters. The van der Waals surface area contributed by atoms with Gasteiger partial charge >= 0.3 is 0 Å². The highest BCUT2D eigenvalue weighted by molar-refractivity contribution is 9.10. The number of anilines is 1. The molecule has 2 nitrogen and oxygen atoms in total. The minimum atomic E-state index is 0.628. The SMILES string of the molecule is Cc1cc(Br)ccc1NC1CCN(CC(C)C)CC1. The number of nitrogens with one attached hydrogen (secondary N) is 1. The Balaban J connectivity index is 1.85. The van der Waals surface area contributed by atoms with E-state index in [2.05, 4.69) is 65.1 Å². The highest BCUT2D eigenvalue weighted by Crippen LogP contribution is 2.23. The summed E-state index contributed by atoms with van der Waals surface area (Å²) < 4.78 is 1.15. The van der Waals surface area contributed by atoms with Crippen molar-refractivity contribution in [2.45, 2.75) is 39.7 Å². The van der Waals surface area contributed by atoms with Crippen molar-refractivity contribution in [3.8, 4) is 0 Å². The third-order valence-corrected chi connectivity index (χ3v) is 4.25. The maximum absolute atomic E-state index is 3.70. The van der Waals surface area contributed by atoms with Crippen molar-refractivity contribution < 1.29 is 0 Å². The first-order chi connectivity index (χ1) is 9.04. The van der Waals surface area contributed by atoms with Crippen LogP contribution in [0.4, 0.5) is 5.69 Å². The maximum atomic E-state index is 3.70. The average molecular weight is 325 g/mol. The van der Waals surface area contributed by atoms with Gasteiger partial charge in [0, 0.05) is 35.8 Å². The van der Waals surface area contributed by atoms with Gasteiger partial charge in [0.15, 0.2) is 0 Å². The van der Waals surface area contributed by atoms with E-state index in [4.69, 9.17) is 0 Å². The summed E-state index contributed by atoms with van der Waals surface area (Å²) in [5.41, 5.74) is 2.60. The number of benzene rings is 1. The molecular formula is C16H25BrN2. The summed E-state index contributed by atoms with van der Waals surface area (Å²) in [5.74, 6) is 0.776. The Morgan fingerprint density at radius 3 is 2.58 bits per heavy atom. The summed E-state index contributed by atoms with van der Waals surface area (Å²) in [4.78, 5) is 2.59. The minimum Gasteiger partial charge on any atom is -0.382 e. The first-order valence-electron chi connectivity index (χ1n) is 7.29. The Hall–Kier alpha value is -0.540. The van der Waals surface area contributed by atoms with E-state index < -0.39 is 0 Å². The zero-order chi connectivity index (χ0) is 13.8. The number of piperidine rings is 1. The van der Waals surface area contributed by atoms with Crippen LogP contribution in [0.2, 0.25) is 0 Å². The second-order valence-electron chi connectivity index (χ2n) is 6.07. The third kappa shape index (κ3) is 4.50. The van der Waals surface area contributed by atoms with Crippen molar-refractivity contribution in [3.05, 3.63) is 28.2 Å². The molecule has 1 aliphatic rings. The van der Waals surface area contributed by atoms with Gasteiger partial charge in [0.05, 0.1) is 0 Å². The van der Waals surface area contributed by atoms with Crippen LogP contribution in [-0.2, 0) is 0 Å². The van der Waals surface area contributed by atoms with Crippen molar-refractivity contribution in [2.75, 3.05) is 25.0 Å². The summed E-state index contributed by atoms with van der Waals surface area (Å²) in [6, 6.07) is 7.10. The van der Waals surface area contributed by atoms with E-state index in [1.807, 2.05) is 0 Å². The van der Waals surface area contributed by atoms with Gasteiger partial charge in [-0.1, -0.05) is 29.8 Å². The van der Waals surface area contributed by atoms with Crippen LogP contribution in [0, 0.1) is 12.8 Å². The van der Waals surface area contributed by atoms with Crippen LogP contribution >= 0.6 is 15.9 Å². The molecule has 0 atom stereocenters. The van der Waals surface area contributed by atoms with Gasteiger partial charge in [-0.25, -0.2) is 0 Å². The van der Waals surface area contributed by atoms with Crippen LogP contribution in [0.25, 0.3) is 0 Å². The number of hydrogen-bond donors (Lipinski definition) is 1. The quantitative estimate of drug-likeness (QED) is 0.888. The topological polar surface area (TPSA) is 15.3 Å². The Bertz CT molecular complexity index is 409. The minimum absolute atomic E-state index is 0.628. The van der Waals surface area contributed by atoms with Crippen molar-refractivity contribution in [2.24, 2.45) is 5.92 Å². The third-order valence-electron chi connectivity index (χ3n) is 3.76. The number of aryl methyl sites for hydroxylation is 1. The molecule has 2 rings (SSSR count). The van der Waals surface area contributed by atoms with Gasteiger partial charge < -0.3 is 10.2 Å². The molecule has 1 aromatic carbocycles. The van der Waals surface area contributed by atoms with Gasteiger partial charge in [-0.05, 0) is 49.4 Å². The molecule has 1 aliphatic heterocycles. The molecule has 0 aromatic heterocycles. The lowest BCUT2D eigenvalue weighted by atomic mass is 10.0. The van der Waals surface area contributed by atoms with Crippen molar-refractivity contribution in [1.82, 2.24) is 4.90 Å². The first kappa shape index (κ1) is 14.9. The molecule has 0 radical (unpaired) electrons. The summed E-state index contributed by atoms with van der Waals surface area (Å²) in [6.07, 6.45) is 2.50. The molecule has 3 heteroatoms. The number of halogens is 1. The molecule has 1 heterocycles. The van der Waals surface area contributed by atoms with Crippen LogP contribution in [-0.4, -0.2) is 30.6 Å². The molecule has 106 valence electrons. The number of rotatable bonds is 4. The zero-order valence-corrected chi connectivity index (χ0v) is 13.8. The lowest BCUT2D eigenvalue weighted by Crippen LogP contribution is -2.40. The van der Waals surface area contributed by atoms with Crippen LogP contribution in [0.1, 0.15) is 32.3 Å². The number of hydrogen-bond acceptors (Lipinski definition) is 2. The largest absolute Gasteiger partial charge is 0.382 e. The highest BCUT2D eigenvalue weighted by Gasteiger charge is 2.19. The molecule has 0 aliphatic carbocycles. The van der Waals surface area contributed by atoms with Gasteiger partial charge in [-0.15, -0.1) is 0 Å². The van der Waals surface area contributed by atoms with Crippen molar-refractivity contribution >= 4 is 21.6 Å². The second-order valence-corrected chi connectivity index (χ2v) is 6.99. The molecular weight excluding hydrogens is 300 g/mol. The van der Waals surface area contributed by atoms with Gasteiger partial charge in [-0.2, -0.15) is 0 Å². The monoisotopic (exact) mass is 324 g/mol. The van der Waals surface area contributed by atoms with Crippen LogP contribution in [0.3, 0.4) is 0 Å². The van der Waals surface area contributed by atoms with Gasteiger partial charge in [-0.3, -0.25) is 0 Å². The molecule has 0 saturated carbocycles. The Kier molecular flexibility index (Phi) is 5.28. The normalized spacial score (nSPS) is 17.9. The molecule has 0 amide bonds. The molecule has 1 saturated heterocycles. The van der Waals surface area contributed by atoms with E-state index in [1.165, 1.54) is 43.7 Å². The van der Waals surface area contributed by atoms with E-state index in [0.29, 0.717) is 6.04 Å². The fourth-order valence-corrected chi connectivity index (χ4v) is 3.26. The fourth-order valence-electron chi connectivity index (χ4n) is 2.79. The Morgan fingerprint density at radius 2 is 2.00 bits per heavy atom. The molecule has 0 bridgehead atoms. The van der Waals surface area contributed by atoms with Crippen molar-refractivity contribution in [1.29, 1.82) is 0 Å². The second kappa shape index (κ2) is 6.76. The Morgan fingerprint density at radius 1 is 1.32 bits per heavy atom. The number of likely N-dealkylation sites (tertiary alicyclic amines) is 1. The predicted octanol–water partition coefficient (Wildman–Crippen LogP) is 4.29. The standard InChI is InChI=1S/C16H25BrN2/c1-12(2)11-19-8-6-15(7-9-19)18-16-5-4-14(17)10-13(16)3/h4-5,10,12,15,18H,6-9,11H2,1-3H3. The summed E-state index contributed by atoms with van der Waals surface area (Å²) in [5, 5.41) is 3.70. The van der Waals surface area contributed by atoms with E-state index in [0.717, 1.165) is 10.4 Å². The molecule has 0 spiro atoms. The van der Waals surface area contributed by atoms with Crippen LogP contribution in [0.5, 0.6) is 0 Å². The summed E-state index contributed by atoms with van der Waals surface area (Å²) in [6.45, 7) is 10.5. The predicted molar refractivity (Wildman–Crippen MR) is 86.8 cm³/mol. The van der Waals surface area contributed by atoms with Crippen molar-refractivity contribution in [3.63, 3.8) is 0 Å². The van der Waals surface area contributed by atoms with E-state index in [9.17, 15) is 0 Å². The Labute approximate surface area is 125 Å². The lowest BCUT2D eigenvalue weighted by Gasteiger charge is -2.34. The lowest BCUT2D eigenvalue weighted by molar-refractivity contribution is 0.198. The fraction of sp³-hybridized carbons (Fsp3) is 0.625.